The van der Waals surface area contributed by atoms with Crippen molar-refractivity contribution in [2.75, 3.05) is 5.32 Å². The highest BCUT2D eigenvalue weighted by atomic mass is 35.5. The molecule has 0 aliphatic heterocycles. The lowest BCUT2D eigenvalue weighted by molar-refractivity contribution is -0.115. The molecular formula is C13H10Cl2N2O3S. The highest BCUT2D eigenvalue weighted by molar-refractivity contribution is 7.11. The lowest BCUT2D eigenvalue weighted by atomic mass is 10.1. The van der Waals surface area contributed by atoms with Crippen molar-refractivity contribution in [3.8, 4) is 0 Å². The van der Waals surface area contributed by atoms with Gasteiger partial charge in [-0.15, -0.1) is 0 Å². The molecule has 5 nitrogen and oxygen atoms in total. The van der Waals surface area contributed by atoms with Crippen LogP contribution in [0.4, 0.5) is 5.00 Å². The standard InChI is InChI=1S/C13H10Cl2N2O3S/c1-6-11(13(19)20)12(21-17-6)16-10(18)5-7-2-3-8(14)9(15)4-7/h2-4H,5H2,1H3,(H,16,18)(H,19,20). The van der Waals surface area contributed by atoms with Gasteiger partial charge in [0.15, 0.2) is 0 Å². The minimum Gasteiger partial charge on any atom is -0.478 e. The number of carbonyl (C=O) groups is 2. The molecule has 0 saturated heterocycles. The summed E-state index contributed by atoms with van der Waals surface area (Å²) in [5, 5.41) is 12.6. The van der Waals surface area contributed by atoms with Gasteiger partial charge in [-0.25, -0.2) is 4.79 Å². The second-order valence-corrected chi connectivity index (χ2v) is 5.84. The first kappa shape index (κ1) is 15.8. The molecule has 0 bridgehead atoms. The zero-order valence-electron chi connectivity index (χ0n) is 10.8. The second-order valence-electron chi connectivity index (χ2n) is 4.25. The van der Waals surface area contributed by atoms with Crippen molar-refractivity contribution in [2.45, 2.75) is 13.3 Å². The SMILES string of the molecule is Cc1nsc(NC(=O)Cc2ccc(Cl)c(Cl)c2)c1C(=O)O. The van der Waals surface area contributed by atoms with Gasteiger partial charge in [0.1, 0.15) is 10.6 Å². The van der Waals surface area contributed by atoms with Gasteiger partial charge in [-0.1, -0.05) is 29.3 Å². The van der Waals surface area contributed by atoms with E-state index in [4.69, 9.17) is 28.3 Å². The first-order valence-corrected chi connectivity index (χ1v) is 7.34. The van der Waals surface area contributed by atoms with Gasteiger partial charge in [0.2, 0.25) is 5.91 Å². The highest BCUT2D eigenvalue weighted by Gasteiger charge is 2.19. The van der Waals surface area contributed by atoms with Gasteiger partial charge in [0.05, 0.1) is 22.2 Å². The summed E-state index contributed by atoms with van der Waals surface area (Å²) in [5.74, 6) is -1.47. The number of aryl methyl sites for hydroxylation is 1. The minimum absolute atomic E-state index is 0.0162. The molecule has 1 heterocycles. The van der Waals surface area contributed by atoms with Crippen LogP contribution in [-0.4, -0.2) is 21.4 Å². The van der Waals surface area contributed by atoms with E-state index in [9.17, 15) is 9.59 Å². The predicted octanol–water partition coefficient (Wildman–Crippen LogP) is 3.64. The lowest BCUT2D eigenvalue weighted by Gasteiger charge is -2.05. The van der Waals surface area contributed by atoms with E-state index in [1.807, 2.05) is 0 Å². The molecule has 1 aromatic heterocycles. The summed E-state index contributed by atoms with van der Waals surface area (Å²) >= 11 is 12.6. The summed E-state index contributed by atoms with van der Waals surface area (Å²) in [4.78, 5) is 23.1. The Labute approximate surface area is 134 Å². The third-order valence-electron chi connectivity index (χ3n) is 2.68. The molecule has 0 unspecified atom stereocenters. The second kappa shape index (κ2) is 6.43. The largest absolute Gasteiger partial charge is 0.478 e. The number of anilines is 1. The summed E-state index contributed by atoms with van der Waals surface area (Å²) in [6, 6.07) is 4.88. The molecule has 0 aliphatic rings. The average Bonchev–Trinajstić information content (AvgIpc) is 2.75. The Morgan fingerprint density at radius 3 is 2.67 bits per heavy atom. The number of amides is 1. The van der Waals surface area contributed by atoms with E-state index in [1.165, 1.54) is 0 Å². The molecule has 0 spiro atoms. The Balaban J connectivity index is 2.12. The van der Waals surface area contributed by atoms with Crippen LogP contribution in [-0.2, 0) is 11.2 Å². The van der Waals surface area contributed by atoms with Crippen LogP contribution in [0.25, 0.3) is 0 Å². The van der Waals surface area contributed by atoms with Crippen LogP contribution in [0.5, 0.6) is 0 Å². The Hall–Kier alpha value is -1.63. The number of nitrogens with zero attached hydrogens (tertiary/aromatic N) is 1. The highest BCUT2D eigenvalue weighted by Crippen LogP contribution is 2.25. The molecule has 0 atom stereocenters. The van der Waals surface area contributed by atoms with E-state index in [-0.39, 0.29) is 22.9 Å². The van der Waals surface area contributed by atoms with Gasteiger partial charge in [-0.2, -0.15) is 4.37 Å². The normalized spacial score (nSPS) is 10.4. The van der Waals surface area contributed by atoms with Gasteiger partial charge >= 0.3 is 5.97 Å². The van der Waals surface area contributed by atoms with Gasteiger partial charge in [-0.05, 0) is 36.2 Å². The van der Waals surface area contributed by atoms with Crippen LogP contribution >= 0.6 is 34.7 Å². The van der Waals surface area contributed by atoms with E-state index in [2.05, 4.69) is 9.69 Å². The number of rotatable bonds is 4. The van der Waals surface area contributed by atoms with Crippen molar-refractivity contribution < 1.29 is 14.7 Å². The summed E-state index contributed by atoms with van der Waals surface area (Å²) in [6.45, 7) is 1.58. The Bertz CT molecular complexity index is 715. The molecule has 0 fully saturated rings. The van der Waals surface area contributed by atoms with Gasteiger partial charge in [0.25, 0.3) is 0 Å². The van der Waals surface area contributed by atoms with Crippen molar-refractivity contribution in [1.82, 2.24) is 4.37 Å². The zero-order valence-corrected chi connectivity index (χ0v) is 13.1. The van der Waals surface area contributed by atoms with E-state index in [1.54, 1.807) is 25.1 Å². The molecule has 21 heavy (non-hydrogen) atoms. The van der Waals surface area contributed by atoms with Crippen molar-refractivity contribution in [2.24, 2.45) is 0 Å². The maximum absolute atomic E-state index is 12.0. The third-order valence-corrected chi connectivity index (χ3v) is 4.27. The van der Waals surface area contributed by atoms with Crippen molar-refractivity contribution in [3.63, 3.8) is 0 Å². The molecule has 0 radical (unpaired) electrons. The molecule has 1 amide bonds. The van der Waals surface area contributed by atoms with Gasteiger partial charge < -0.3 is 10.4 Å². The number of nitrogens with one attached hydrogen (secondary N) is 1. The monoisotopic (exact) mass is 344 g/mol. The predicted molar refractivity (Wildman–Crippen MR) is 82.6 cm³/mol. The molecule has 2 rings (SSSR count). The van der Waals surface area contributed by atoms with Crippen LogP contribution in [0.15, 0.2) is 18.2 Å². The number of hydrogen-bond acceptors (Lipinski definition) is 4. The molecule has 0 aliphatic carbocycles. The number of benzene rings is 1. The number of hydrogen-bond donors (Lipinski definition) is 2. The summed E-state index contributed by atoms with van der Waals surface area (Å²) < 4.78 is 3.93. The Kier molecular flexibility index (Phi) is 4.82. The molecule has 1 aromatic carbocycles. The van der Waals surface area contributed by atoms with Crippen molar-refractivity contribution in [1.29, 1.82) is 0 Å². The fourth-order valence-electron chi connectivity index (χ4n) is 1.71. The molecule has 2 aromatic rings. The maximum Gasteiger partial charge on any atom is 0.340 e. The van der Waals surface area contributed by atoms with E-state index < -0.39 is 5.97 Å². The van der Waals surface area contributed by atoms with E-state index in [0.29, 0.717) is 21.3 Å². The number of halogens is 2. The van der Waals surface area contributed by atoms with Crippen LogP contribution in [0.2, 0.25) is 10.0 Å². The molecule has 8 heteroatoms. The summed E-state index contributed by atoms with van der Waals surface area (Å²) in [5.41, 5.74) is 1.07. The number of carbonyl (C=O) groups excluding carboxylic acids is 1. The first-order chi connectivity index (χ1) is 9.88. The topological polar surface area (TPSA) is 79.3 Å². The van der Waals surface area contributed by atoms with Crippen LogP contribution in [0, 0.1) is 6.92 Å². The van der Waals surface area contributed by atoms with Crippen LogP contribution < -0.4 is 5.32 Å². The number of carboxylic acid groups (broad SMARTS) is 1. The smallest absolute Gasteiger partial charge is 0.340 e. The minimum atomic E-state index is -1.12. The lowest BCUT2D eigenvalue weighted by Crippen LogP contribution is -2.15. The third kappa shape index (κ3) is 3.72. The molecule has 0 saturated carbocycles. The zero-order chi connectivity index (χ0) is 15.6. The Morgan fingerprint density at radius 1 is 1.33 bits per heavy atom. The van der Waals surface area contributed by atoms with Crippen molar-refractivity contribution >= 4 is 51.6 Å². The van der Waals surface area contributed by atoms with Gasteiger partial charge in [-0.3, -0.25) is 4.79 Å². The van der Waals surface area contributed by atoms with E-state index in [0.717, 1.165) is 11.5 Å². The number of aromatic carboxylic acids is 1. The van der Waals surface area contributed by atoms with E-state index >= 15 is 0 Å². The fourth-order valence-corrected chi connectivity index (χ4v) is 2.84. The van der Waals surface area contributed by atoms with Crippen molar-refractivity contribution in [3.05, 3.63) is 45.1 Å². The number of carboxylic acids is 1. The maximum atomic E-state index is 12.0. The van der Waals surface area contributed by atoms with Crippen LogP contribution in [0.3, 0.4) is 0 Å². The average molecular weight is 345 g/mol. The Morgan fingerprint density at radius 2 is 2.05 bits per heavy atom. The molecule has 110 valence electrons. The molecule has 2 N–H and O–H groups in total. The van der Waals surface area contributed by atoms with Crippen LogP contribution in [0.1, 0.15) is 21.6 Å². The molecular weight excluding hydrogens is 335 g/mol. The fraction of sp³-hybridized carbons (Fsp3) is 0.154. The quantitative estimate of drug-likeness (QED) is 0.887. The summed E-state index contributed by atoms with van der Waals surface area (Å²) in [7, 11) is 0. The summed E-state index contributed by atoms with van der Waals surface area (Å²) in [6.07, 6.45) is 0.0624. The number of aromatic nitrogens is 1. The van der Waals surface area contributed by atoms with Gasteiger partial charge in [0, 0.05) is 0 Å². The first-order valence-electron chi connectivity index (χ1n) is 5.82.